The predicted molar refractivity (Wildman–Crippen MR) is 78.6 cm³/mol. The van der Waals surface area contributed by atoms with Crippen LogP contribution < -0.4 is 10.1 Å². The van der Waals surface area contributed by atoms with E-state index in [0.717, 1.165) is 18.8 Å². The molecule has 1 heterocycles. The predicted octanol–water partition coefficient (Wildman–Crippen LogP) is 3.57. The van der Waals surface area contributed by atoms with E-state index in [1.54, 1.807) is 0 Å². The minimum atomic E-state index is 0.391. The lowest BCUT2D eigenvalue weighted by molar-refractivity contribution is 0.357. The van der Waals surface area contributed by atoms with Crippen LogP contribution in [0.4, 0.5) is 0 Å². The molecule has 19 heavy (non-hydrogen) atoms. The summed E-state index contributed by atoms with van der Waals surface area (Å²) in [4.78, 5) is 0. The van der Waals surface area contributed by atoms with Gasteiger partial charge in [0.2, 0.25) is 0 Å². The van der Waals surface area contributed by atoms with Crippen molar-refractivity contribution in [3.05, 3.63) is 53.6 Å². The van der Waals surface area contributed by atoms with E-state index in [9.17, 15) is 0 Å². The Hall–Kier alpha value is -1.80. The van der Waals surface area contributed by atoms with E-state index in [1.165, 1.54) is 22.3 Å². The Balaban J connectivity index is 1.90. The highest BCUT2D eigenvalue weighted by Gasteiger charge is 2.12. The maximum Gasteiger partial charge on any atom is 0.122 e. The number of benzene rings is 2. The van der Waals surface area contributed by atoms with Crippen molar-refractivity contribution in [1.29, 1.82) is 0 Å². The first kappa shape index (κ1) is 12.2. The molecule has 1 atom stereocenters. The van der Waals surface area contributed by atoms with Crippen LogP contribution >= 0.6 is 0 Å². The molecule has 0 aromatic heterocycles. The van der Waals surface area contributed by atoms with Crippen molar-refractivity contribution in [2.75, 3.05) is 13.7 Å². The van der Waals surface area contributed by atoms with Crippen LogP contribution in [0, 0.1) is 0 Å². The summed E-state index contributed by atoms with van der Waals surface area (Å²) in [6.45, 7) is 2.99. The van der Waals surface area contributed by atoms with Crippen molar-refractivity contribution in [3.63, 3.8) is 0 Å². The molecule has 0 spiro atoms. The second kappa shape index (κ2) is 5.06. The first-order chi connectivity index (χ1) is 9.28. The van der Waals surface area contributed by atoms with Gasteiger partial charge >= 0.3 is 0 Å². The minimum Gasteiger partial charge on any atom is -0.493 e. The quantitative estimate of drug-likeness (QED) is 0.903. The van der Waals surface area contributed by atoms with Gasteiger partial charge in [0, 0.05) is 12.5 Å². The third kappa shape index (κ3) is 2.36. The van der Waals surface area contributed by atoms with Crippen molar-refractivity contribution < 1.29 is 4.74 Å². The number of rotatable bonds is 3. The van der Waals surface area contributed by atoms with Crippen LogP contribution in [0.25, 0.3) is 11.1 Å². The SMILES string of the molecule is CNC(C)c1ccc(-c2ccc3c(c2)CCO3)cc1. The van der Waals surface area contributed by atoms with E-state index in [4.69, 9.17) is 4.74 Å². The normalized spacial score (nSPS) is 14.8. The molecular weight excluding hydrogens is 234 g/mol. The lowest BCUT2D eigenvalue weighted by Crippen LogP contribution is -2.11. The molecule has 98 valence electrons. The smallest absolute Gasteiger partial charge is 0.122 e. The van der Waals surface area contributed by atoms with Crippen LogP contribution in [0.2, 0.25) is 0 Å². The molecule has 0 aliphatic carbocycles. The summed E-state index contributed by atoms with van der Waals surface area (Å²) in [5, 5.41) is 3.26. The number of ether oxygens (including phenoxy) is 1. The van der Waals surface area contributed by atoms with Gasteiger partial charge in [0.1, 0.15) is 5.75 Å². The summed E-state index contributed by atoms with van der Waals surface area (Å²) in [6.07, 6.45) is 1.03. The van der Waals surface area contributed by atoms with Crippen molar-refractivity contribution >= 4 is 0 Å². The number of hydrogen-bond donors (Lipinski definition) is 1. The molecule has 2 nitrogen and oxygen atoms in total. The molecule has 1 N–H and O–H groups in total. The van der Waals surface area contributed by atoms with Gasteiger partial charge in [-0.1, -0.05) is 30.3 Å². The molecule has 0 saturated carbocycles. The Bertz CT molecular complexity index is 574. The molecule has 2 aromatic rings. The molecule has 1 aliphatic rings. The topological polar surface area (TPSA) is 21.3 Å². The number of nitrogens with one attached hydrogen (secondary N) is 1. The van der Waals surface area contributed by atoms with E-state index < -0.39 is 0 Å². The first-order valence-electron chi connectivity index (χ1n) is 6.81. The summed E-state index contributed by atoms with van der Waals surface area (Å²) in [6, 6.07) is 15.6. The lowest BCUT2D eigenvalue weighted by Gasteiger charge is -2.11. The number of fused-ring (bicyclic) bond motifs is 1. The molecule has 1 unspecified atom stereocenters. The molecule has 0 amide bonds. The highest BCUT2D eigenvalue weighted by Crippen LogP contribution is 2.30. The molecule has 2 heteroatoms. The summed E-state index contributed by atoms with van der Waals surface area (Å²) < 4.78 is 5.55. The largest absolute Gasteiger partial charge is 0.493 e. The van der Waals surface area contributed by atoms with Gasteiger partial charge in [-0.2, -0.15) is 0 Å². The van der Waals surface area contributed by atoms with Crippen molar-refractivity contribution in [3.8, 4) is 16.9 Å². The zero-order valence-electron chi connectivity index (χ0n) is 11.4. The van der Waals surface area contributed by atoms with Gasteiger partial charge in [0.25, 0.3) is 0 Å². The highest BCUT2D eigenvalue weighted by atomic mass is 16.5. The van der Waals surface area contributed by atoms with E-state index in [1.807, 2.05) is 7.05 Å². The van der Waals surface area contributed by atoms with E-state index in [0.29, 0.717) is 6.04 Å². The third-order valence-corrected chi connectivity index (χ3v) is 3.87. The van der Waals surface area contributed by atoms with Crippen LogP contribution in [-0.2, 0) is 6.42 Å². The van der Waals surface area contributed by atoms with Crippen LogP contribution in [0.1, 0.15) is 24.1 Å². The Kier molecular flexibility index (Phi) is 3.26. The fourth-order valence-corrected chi connectivity index (χ4v) is 2.50. The molecule has 3 rings (SSSR count). The van der Waals surface area contributed by atoms with E-state index >= 15 is 0 Å². The summed E-state index contributed by atoms with van der Waals surface area (Å²) in [5.74, 6) is 1.05. The molecular formula is C17H19NO. The van der Waals surface area contributed by atoms with Crippen LogP contribution in [0.5, 0.6) is 5.75 Å². The second-order valence-corrected chi connectivity index (χ2v) is 5.05. The van der Waals surface area contributed by atoms with Crippen LogP contribution in [0.3, 0.4) is 0 Å². The summed E-state index contributed by atoms with van der Waals surface area (Å²) in [7, 11) is 1.99. The average molecular weight is 253 g/mol. The Morgan fingerprint density at radius 3 is 2.53 bits per heavy atom. The van der Waals surface area contributed by atoms with Crippen molar-refractivity contribution in [2.45, 2.75) is 19.4 Å². The Morgan fingerprint density at radius 2 is 1.79 bits per heavy atom. The maximum absolute atomic E-state index is 5.55. The monoisotopic (exact) mass is 253 g/mol. The van der Waals surface area contributed by atoms with Crippen molar-refractivity contribution in [1.82, 2.24) is 5.32 Å². The van der Waals surface area contributed by atoms with Gasteiger partial charge in [-0.3, -0.25) is 0 Å². The van der Waals surface area contributed by atoms with Gasteiger partial charge in [-0.25, -0.2) is 0 Å². The Morgan fingerprint density at radius 1 is 1.05 bits per heavy atom. The Labute approximate surface area is 114 Å². The standard InChI is InChI=1S/C17H19NO/c1-12(18-2)13-3-5-14(6-4-13)15-7-8-17-16(11-15)9-10-19-17/h3-8,11-12,18H,9-10H2,1-2H3. The molecule has 0 fully saturated rings. The lowest BCUT2D eigenvalue weighted by atomic mass is 9.99. The molecule has 1 aliphatic heterocycles. The van der Waals surface area contributed by atoms with Gasteiger partial charge in [0.05, 0.1) is 6.61 Å². The number of hydrogen-bond acceptors (Lipinski definition) is 2. The van der Waals surface area contributed by atoms with Gasteiger partial charge < -0.3 is 10.1 Å². The first-order valence-corrected chi connectivity index (χ1v) is 6.81. The maximum atomic E-state index is 5.55. The molecule has 2 aromatic carbocycles. The molecule has 0 saturated heterocycles. The highest BCUT2D eigenvalue weighted by molar-refractivity contribution is 5.66. The summed E-state index contributed by atoms with van der Waals surface area (Å²) in [5.41, 5.74) is 5.18. The van der Waals surface area contributed by atoms with E-state index in [2.05, 4.69) is 54.7 Å². The average Bonchev–Trinajstić information content (AvgIpc) is 2.94. The fraction of sp³-hybridized carbons (Fsp3) is 0.294. The van der Waals surface area contributed by atoms with Crippen molar-refractivity contribution in [2.24, 2.45) is 0 Å². The second-order valence-electron chi connectivity index (χ2n) is 5.05. The fourth-order valence-electron chi connectivity index (χ4n) is 2.50. The zero-order valence-corrected chi connectivity index (χ0v) is 11.4. The van der Waals surface area contributed by atoms with Gasteiger partial charge in [-0.05, 0) is 48.4 Å². The zero-order chi connectivity index (χ0) is 13.2. The van der Waals surface area contributed by atoms with E-state index in [-0.39, 0.29) is 0 Å². The van der Waals surface area contributed by atoms with Crippen LogP contribution in [-0.4, -0.2) is 13.7 Å². The van der Waals surface area contributed by atoms with Crippen LogP contribution in [0.15, 0.2) is 42.5 Å². The molecule has 0 radical (unpaired) electrons. The van der Waals surface area contributed by atoms with Gasteiger partial charge in [0.15, 0.2) is 0 Å². The van der Waals surface area contributed by atoms with Gasteiger partial charge in [-0.15, -0.1) is 0 Å². The molecule has 0 bridgehead atoms. The minimum absolute atomic E-state index is 0.391. The third-order valence-electron chi connectivity index (χ3n) is 3.87. The summed E-state index contributed by atoms with van der Waals surface area (Å²) >= 11 is 0.